The third kappa shape index (κ3) is 2.31. The van der Waals surface area contributed by atoms with Gasteiger partial charge in [-0.25, -0.2) is 0 Å². The molecule has 2 saturated heterocycles. The molecular weight excluding hydrogens is 258 g/mol. The summed E-state index contributed by atoms with van der Waals surface area (Å²) in [5.41, 5.74) is 5.39. The molecule has 0 aromatic carbocycles. The molecule has 6 nitrogen and oxygen atoms in total. The number of ether oxygens (including phenoxy) is 1. The molecule has 0 aromatic rings. The summed E-state index contributed by atoms with van der Waals surface area (Å²) in [6.45, 7) is 3.57. The molecule has 1 unspecified atom stereocenters. The van der Waals surface area contributed by atoms with Crippen molar-refractivity contribution >= 4 is 11.8 Å². The van der Waals surface area contributed by atoms with Gasteiger partial charge in [-0.3, -0.25) is 9.59 Å². The van der Waals surface area contributed by atoms with Crippen LogP contribution >= 0.6 is 0 Å². The fourth-order valence-electron chi connectivity index (χ4n) is 3.22. The quantitative estimate of drug-likeness (QED) is 0.762. The first-order valence-electron chi connectivity index (χ1n) is 7.56. The van der Waals surface area contributed by atoms with Gasteiger partial charge < -0.3 is 20.3 Å². The van der Waals surface area contributed by atoms with Crippen LogP contribution < -0.4 is 5.73 Å². The Morgan fingerprint density at radius 3 is 2.50 bits per heavy atom. The molecule has 0 spiro atoms. The molecule has 112 valence electrons. The third-order valence-electron chi connectivity index (χ3n) is 4.82. The van der Waals surface area contributed by atoms with Crippen LogP contribution in [0.4, 0.5) is 0 Å². The maximum Gasteiger partial charge on any atom is 0.245 e. The molecule has 2 amide bonds. The highest BCUT2D eigenvalue weighted by atomic mass is 16.5. The molecule has 1 saturated carbocycles. The minimum absolute atomic E-state index is 0.0898. The number of nitrogens with two attached hydrogens (primary N) is 1. The van der Waals surface area contributed by atoms with Gasteiger partial charge in [-0.1, -0.05) is 0 Å². The SMILES string of the molecule is NCC1(C(=O)N2CCCC2C(=O)N2CCOCC2)CC1. The zero-order valence-electron chi connectivity index (χ0n) is 11.8. The van der Waals surface area contributed by atoms with Crippen molar-refractivity contribution in [3.63, 3.8) is 0 Å². The van der Waals surface area contributed by atoms with Gasteiger partial charge in [0.15, 0.2) is 0 Å². The normalized spacial score (nSPS) is 28.6. The van der Waals surface area contributed by atoms with E-state index < -0.39 is 0 Å². The molecule has 0 bridgehead atoms. The fraction of sp³-hybridized carbons (Fsp3) is 0.857. The highest BCUT2D eigenvalue weighted by Gasteiger charge is 2.53. The molecule has 1 atom stereocenters. The highest BCUT2D eigenvalue weighted by molar-refractivity contribution is 5.92. The van der Waals surface area contributed by atoms with Crippen molar-refractivity contribution < 1.29 is 14.3 Å². The maximum absolute atomic E-state index is 12.6. The number of hydrogen-bond donors (Lipinski definition) is 1. The van der Waals surface area contributed by atoms with Gasteiger partial charge in [-0.2, -0.15) is 0 Å². The van der Waals surface area contributed by atoms with E-state index in [0.717, 1.165) is 25.7 Å². The van der Waals surface area contributed by atoms with E-state index in [1.54, 1.807) is 4.90 Å². The van der Waals surface area contributed by atoms with Gasteiger partial charge in [0.2, 0.25) is 11.8 Å². The zero-order valence-corrected chi connectivity index (χ0v) is 11.8. The second-order valence-corrected chi connectivity index (χ2v) is 6.08. The molecule has 3 rings (SSSR count). The minimum atomic E-state index is -0.353. The molecule has 0 aromatic heterocycles. The monoisotopic (exact) mass is 281 g/mol. The van der Waals surface area contributed by atoms with Crippen molar-refractivity contribution in [3.05, 3.63) is 0 Å². The van der Waals surface area contributed by atoms with Crippen molar-refractivity contribution in [2.75, 3.05) is 39.4 Å². The molecule has 1 aliphatic carbocycles. The number of rotatable bonds is 3. The van der Waals surface area contributed by atoms with Crippen LogP contribution in [0.15, 0.2) is 0 Å². The van der Waals surface area contributed by atoms with Gasteiger partial charge in [-0.15, -0.1) is 0 Å². The number of likely N-dealkylation sites (tertiary alicyclic amines) is 1. The van der Waals surface area contributed by atoms with Crippen LogP contribution in [0.25, 0.3) is 0 Å². The standard InChI is InChI=1S/C14H23N3O3/c15-10-14(3-4-14)13(19)17-5-1-2-11(17)12(18)16-6-8-20-9-7-16/h11H,1-10,15H2. The van der Waals surface area contributed by atoms with E-state index in [1.165, 1.54) is 0 Å². The summed E-state index contributed by atoms with van der Waals surface area (Å²) in [5.74, 6) is 0.191. The van der Waals surface area contributed by atoms with Crippen molar-refractivity contribution in [2.45, 2.75) is 31.7 Å². The van der Waals surface area contributed by atoms with E-state index in [1.807, 2.05) is 4.90 Å². The van der Waals surface area contributed by atoms with Crippen LogP contribution in [0.2, 0.25) is 0 Å². The molecule has 2 heterocycles. The lowest BCUT2D eigenvalue weighted by Gasteiger charge is -2.33. The second-order valence-electron chi connectivity index (χ2n) is 6.08. The minimum Gasteiger partial charge on any atom is -0.378 e. The number of nitrogens with zero attached hydrogens (tertiary/aromatic N) is 2. The van der Waals surface area contributed by atoms with Gasteiger partial charge >= 0.3 is 0 Å². The Hall–Kier alpha value is -1.14. The van der Waals surface area contributed by atoms with Crippen LogP contribution in [0.5, 0.6) is 0 Å². The van der Waals surface area contributed by atoms with Gasteiger partial charge in [0.1, 0.15) is 6.04 Å². The fourth-order valence-corrected chi connectivity index (χ4v) is 3.22. The van der Waals surface area contributed by atoms with Crippen LogP contribution in [0.3, 0.4) is 0 Å². The summed E-state index contributed by atoms with van der Waals surface area (Å²) < 4.78 is 5.28. The number of amides is 2. The van der Waals surface area contributed by atoms with Crippen LogP contribution in [0.1, 0.15) is 25.7 Å². The summed E-state index contributed by atoms with van der Waals surface area (Å²) >= 11 is 0. The van der Waals surface area contributed by atoms with Crippen LogP contribution in [-0.2, 0) is 14.3 Å². The largest absolute Gasteiger partial charge is 0.378 e. The molecule has 3 aliphatic rings. The van der Waals surface area contributed by atoms with E-state index in [4.69, 9.17) is 10.5 Å². The first-order chi connectivity index (χ1) is 9.68. The molecule has 2 N–H and O–H groups in total. The smallest absolute Gasteiger partial charge is 0.245 e. The summed E-state index contributed by atoms with van der Waals surface area (Å²) in [5, 5.41) is 0. The first-order valence-corrected chi connectivity index (χ1v) is 7.56. The van der Waals surface area contributed by atoms with E-state index >= 15 is 0 Å². The Balaban J connectivity index is 1.68. The molecule has 0 radical (unpaired) electrons. The van der Waals surface area contributed by atoms with E-state index in [9.17, 15) is 9.59 Å². The summed E-state index contributed by atoms with van der Waals surface area (Å²) in [6.07, 6.45) is 3.43. The Labute approximate surface area is 119 Å². The molecule has 20 heavy (non-hydrogen) atoms. The predicted molar refractivity (Wildman–Crippen MR) is 72.9 cm³/mol. The maximum atomic E-state index is 12.6. The van der Waals surface area contributed by atoms with Gasteiger partial charge in [0.25, 0.3) is 0 Å². The van der Waals surface area contributed by atoms with Crippen LogP contribution in [-0.4, -0.2) is 67.0 Å². The zero-order chi connectivity index (χ0) is 14.2. The average Bonchev–Trinajstić information content (AvgIpc) is 3.16. The Kier molecular flexibility index (Phi) is 3.69. The van der Waals surface area contributed by atoms with Crippen LogP contribution in [0, 0.1) is 5.41 Å². The molecular formula is C14H23N3O3. The summed E-state index contributed by atoms with van der Waals surface area (Å²) in [7, 11) is 0. The van der Waals surface area contributed by atoms with Crippen molar-refractivity contribution in [1.82, 2.24) is 9.80 Å². The highest BCUT2D eigenvalue weighted by Crippen LogP contribution is 2.47. The number of morpholine rings is 1. The van der Waals surface area contributed by atoms with Gasteiger partial charge in [0.05, 0.1) is 18.6 Å². The summed E-state index contributed by atoms with van der Waals surface area (Å²) in [6, 6.07) is -0.273. The van der Waals surface area contributed by atoms with Crippen molar-refractivity contribution in [1.29, 1.82) is 0 Å². The Morgan fingerprint density at radius 1 is 1.20 bits per heavy atom. The van der Waals surface area contributed by atoms with Crippen molar-refractivity contribution in [3.8, 4) is 0 Å². The number of carbonyl (C=O) groups is 2. The number of carbonyl (C=O) groups excluding carboxylic acids is 2. The average molecular weight is 281 g/mol. The Bertz CT molecular complexity index is 402. The summed E-state index contributed by atoms with van der Waals surface area (Å²) in [4.78, 5) is 28.8. The van der Waals surface area contributed by atoms with E-state index in [-0.39, 0.29) is 23.3 Å². The molecule has 3 fully saturated rings. The Morgan fingerprint density at radius 2 is 1.90 bits per heavy atom. The lowest BCUT2D eigenvalue weighted by Crippen LogP contribution is -2.53. The second kappa shape index (κ2) is 5.33. The lowest BCUT2D eigenvalue weighted by atomic mass is 10.0. The van der Waals surface area contributed by atoms with Gasteiger partial charge in [0, 0.05) is 26.2 Å². The third-order valence-corrected chi connectivity index (χ3v) is 4.82. The van der Waals surface area contributed by atoms with E-state index in [2.05, 4.69) is 0 Å². The molecule has 6 heteroatoms. The molecule has 2 aliphatic heterocycles. The lowest BCUT2D eigenvalue weighted by molar-refractivity contribution is -0.148. The van der Waals surface area contributed by atoms with Gasteiger partial charge in [-0.05, 0) is 25.7 Å². The predicted octanol–water partition coefficient (Wildman–Crippen LogP) is -0.425. The van der Waals surface area contributed by atoms with Crippen molar-refractivity contribution in [2.24, 2.45) is 11.1 Å². The van der Waals surface area contributed by atoms with E-state index in [0.29, 0.717) is 39.4 Å². The topological polar surface area (TPSA) is 75.9 Å². The first kappa shape index (κ1) is 13.8. The number of hydrogen-bond acceptors (Lipinski definition) is 4.